The second-order valence-corrected chi connectivity index (χ2v) is 2.09. The summed E-state index contributed by atoms with van der Waals surface area (Å²) in [7, 11) is 1.42. The van der Waals surface area contributed by atoms with E-state index in [0.29, 0.717) is 18.2 Å². The second kappa shape index (κ2) is 6.19. The molecule has 0 radical (unpaired) electrons. The molecule has 3 nitrogen and oxygen atoms in total. The van der Waals surface area contributed by atoms with Gasteiger partial charge in [-0.15, -0.1) is 0 Å². The third kappa shape index (κ3) is 4.57. The molecule has 0 aromatic carbocycles. The minimum absolute atomic E-state index is 0.483. The van der Waals surface area contributed by atoms with Crippen molar-refractivity contribution in [3.63, 3.8) is 0 Å². The minimum atomic E-state index is -0.706. The van der Waals surface area contributed by atoms with Crippen molar-refractivity contribution in [2.24, 2.45) is 0 Å². The van der Waals surface area contributed by atoms with E-state index >= 15 is 0 Å². The Kier molecular flexibility index (Phi) is 6.24. The lowest BCUT2D eigenvalue weighted by molar-refractivity contribution is -0.148. The van der Waals surface area contributed by atoms with E-state index in [2.05, 4.69) is 20.7 Å². The molecule has 0 aliphatic heterocycles. The van der Waals surface area contributed by atoms with Gasteiger partial charge in [0.15, 0.2) is 6.29 Å². The Morgan fingerprint density at radius 1 is 1.78 bits per heavy atom. The van der Waals surface area contributed by atoms with Crippen LogP contribution in [-0.4, -0.2) is 31.6 Å². The Morgan fingerprint density at radius 3 is 2.78 bits per heavy atom. The summed E-state index contributed by atoms with van der Waals surface area (Å²) in [5.74, 6) is 0. The summed E-state index contributed by atoms with van der Waals surface area (Å²) in [5.41, 5.74) is 0. The maximum absolute atomic E-state index is 9.98. The molecule has 0 aromatic heterocycles. The molecule has 1 unspecified atom stereocenters. The summed E-state index contributed by atoms with van der Waals surface area (Å²) >= 11 is 3.14. The molecular weight excluding hydrogens is 188 g/mol. The molecule has 0 saturated heterocycles. The molecular formula is C5H9BrO3. The van der Waals surface area contributed by atoms with Crippen LogP contribution in [0.2, 0.25) is 0 Å². The Balaban J connectivity index is 3.20. The van der Waals surface area contributed by atoms with Crippen LogP contribution in [0.5, 0.6) is 0 Å². The Labute approximate surface area is 62.5 Å². The van der Waals surface area contributed by atoms with Gasteiger partial charge in [0.05, 0.1) is 6.61 Å². The van der Waals surface area contributed by atoms with Gasteiger partial charge in [0.25, 0.3) is 0 Å². The second-order valence-electron chi connectivity index (χ2n) is 1.30. The number of aldehydes is 1. The van der Waals surface area contributed by atoms with Crippen molar-refractivity contribution in [1.82, 2.24) is 0 Å². The van der Waals surface area contributed by atoms with Crippen LogP contribution in [0.1, 0.15) is 0 Å². The summed E-state index contributed by atoms with van der Waals surface area (Å²) in [4.78, 5) is 9.98. The van der Waals surface area contributed by atoms with Gasteiger partial charge in [0, 0.05) is 12.4 Å². The maximum Gasteiger partial charge on any atom is 0.214 e. The molecule has 0 rings (SSSR count). The number of rotatable bonds is 5. The van der Waals surface area contributed by atoms with Gasteiger partial charge in [-0.3, -0.25) is 4.79 Å². The van der Waals surface area contributed by atoms with Crippen LogP contribution in [0.4, 0.5) is 0 Å². The van der Waals surface area contributed by atoms with E-state index in [-0.39, 0.29) is 0 Å². The number of hydrogen-bond donors (Lipinski definition) is 0. The van der Waals surface area contributed by atoms with Crippen LogP contribution < -0.4 is 0 Å². The minimum Gasteiger partial charge on any atom is -0.350 e. The number of methoxy groups -OCH3 is 1. The summed E-state index contributed by atoms with van der Waals surface area (Å²) in [5, 5.41) is 0.709. The highest BCUT2D eigenvalue weighted by Gasteiger charge is 2.01. The molecule has 1 atom stereocenters. The van der Waals surface area contributed by atoms with E-state index in [0.717, 1.165) is 0 Å². The van der Waals surface area contributed by atoms with Gasteiger partial charge in [-0.1, -0.05) is 15.9 Å². The first-order valence-electron chi connectivity index (χ1n) is 2.50. The average molecular weight is 197 g/mol. The first-order valence-corrected chi connectivity index (χ1v) is 3.63. The zero-order chi connectivity index (χ0) is 7.11. The molecule has 9 heavy (non-hydrogen) atoms. The average Bonchev–Trinajstić information content (AvgIpc) is 1.91. The molecule has 0 amide bonds. The molecule has 0 fully saturated rings. The van der Waals surface area contributed by atoms with Gasteiger partial charge in [-0.25, -0.2) is 0 Å². The lowest BCUT2D eigenvalue weighted by atomic mass is 10.7. The predicted octanol–water partition coefficient (Wildman–Crippen LogP) is 0.569. The van der Waals surface area contributed by atoms with Crippen molar-refractivity contribution >= 4 is 22.2 Å². The van der Waals surface area contributed by atoms with Gasteiger partial charge in [0.2, 0.25) is 6.29 Å². The van der Waals surface area contributed by atoms with Crippen molar-refractivity contribution in [2.45, 2.75) is 6.29 Å². The highest BCUT2D eigenvalue weighted by molar-refractivity contribution is 9.09. The number of hydrogen-bond acceptors (Lipinski definition) is 3. The van der Waals surface area contributed by atoms with Crippen molar-refractivity contribution in [3.05, 3.63) is 0 Å². The summed E-state index contributed by atoms with van der Waals surface area (Å²) < 4.78 is 9.44. The zero-order valence-electron chi connectivity index (χ0n) is 5.17. The molecule has 4 heteroatoms. The van der Waals surface area contributed by atoms with Gasteiger partial charge in [-0.2, -0.15) is 0 Å². The number of ether oxygens (including phenoxy) is 2. The van der Waals surface area contributed by atoms with Crippen molar-refractivity contribution < 1.29 is 14.3 Å². The quantitative estimate of drug-likeness (QED) is 0.367. The summed E-state index contributed by atoms with van der Waals surface area (Å²) in [6.07, 6.45) is -0.0922. The van der Waals surface area contributed by atoms with Gasteiger partial charge in [0.1, 0.15) is 0 Å². The van der Waals surface area contributed by atoms with E-state index in [1.807, 2.05) is 0 Å². The molecule has 54 valence electrons. The van der Waals surface area contributed by atoms with Crippen molar-refractivity contribution in [1.29, 1.82) is 0 Å². The van der Waals surface area contributed by atoms with E-state index in [1.54, 1.807) is 0 Å². The highest BCUT2D eigenvalue weighted by Crippen LogP contribution is 1.89. The van der Waals surface area contributed by atoms with Crippen LogP contribution >= 0.6 is 15.9 Å². The largest absolute Gasteiger partial charge is 0.350 e. The molecule has 0 N–H and O–H groups in total. The standard InChI is InChI=1S/C5H9BrO3/c1-8-5(4-7)9-3-2-6/h4-5H,2-3H2,1H3. The van der Waals surface area contributed by atoms with Crippen molar-refractivity contribution in [2.75, 3.05) is 19.0 Å². The molecule has 0 aliphatic carbocycles. The monoisotopic (exact) mass is 196 g/mol. The SMILES string of the molecule is COC(C=O)OCCBr. The topological polar surface area (TPSA) is 35.5 Å². The third-order valence-corrected chi connectivity index (χ3v) is 1.03. The van der Waals surface area contributed by atoms with E-state index in [1.165, 1.54) is 7.11 Å². The lowest BCUT2D eigenvalue weighted by Gasteiger charge is -2.06. The Hall–Kier alpha value is 0.0700. The number of carbonyl (C=O) groups excluding carboxylic acids is 1. The van der Waals surface area contributed by atoms with Gasteiger partial charge < -0.3 is 9.47 Å². The van der Waals surface area contributed by atoms with Gasteiger partial charge in [-0.05, 0) is 0 Å². The smallest absolute Gasteiger partial charge is 0.214 e. The fourth-order valence-corrected chi connectivity index (χ4v) is 0.510. The maximum atomic E-state index is 9.98. The van der Waals surface area contributed by atoms with E-state index < -0.39 is 6.29 Å². The van der Waals surface area contributed by atoms with Crippen LogP contribution in [0.3, 0.4) is 0 Å². The first kappa shape index (κ1) is 9.07. The molecule has 0 aromatic rings. The van der Waals surface area contributed by atoms with Crippen LogP contribution in [0.15, 0.2) is 0 Å². The van der Waals surface area contributed by atoms with E-state index in [4.69, 9.17) is 4.74 Å². The van der Waals surface area contributed by atoms with Crippen LogP contribution in [0, 0.1) is 0 Å². The molecule has 0 heterocycles. The zero-order valence-corrected chi connectivity index (χ0v) is 6.76. The molecule has 0 saturated carbocycles. The van der Waals surface area contributed by atoms with E-state index in [9.17, 15) is 4.79 Å². The van der Waals surface area contributed by atoms with Crippen LogP contribution in [-0.2, 0) is 14.3 Å². The molecule has 0 bridgehead atoms. The Bertz CT molecular complexity index is 76.6. The van der Waals surface area contributed by atoms with Crippen LogP contribution in [0.25, 0.3) is 0 Å². The van der Waals surface area contributed by atoms with Crippen molar-refractivity contribution in [3.8, 4) is 0 Å². The Morgan fingerprint density at radius 2 is 2.44 bits per heavy atom. The number of halogens is 1. The molecule has 0 aliphatic rings. The van der Waals surface area contributed by atoms with Gasteiger partial charge >= 0.3 is 0 Å². The fraction of sp³-hybridized carbons (Fsp3) is 0.800. The lowest BCUT2D eigenvalue weighted by Crippen LogP contribution is -2.17. The first-order chi connectivity index (χ1) is 4.35. The normalized spacial score (nSPS) is 13.1. The number of carbonyl (C=O) groups is 1. The molecule has 0 spiro atoms. The highest BCUT2D eigenvalue weighted by atomic mass is 79.9. The predicted molar refractivity (Wildman–Crippen MR) is 36.6 cm³/mol. The number of alkyl halides is 1. The third-order valence-electron chi connectivity index (χ3n) is 0.703. The fourth-order valence-electron chi connectivity index (χ4n) is 0.324. The summed E-state index contributed by atoms with van der Waals surface area (Å²) in [6, 6.07) is 0. The summed E-state index contributed by atoms with van der Waals surface area (Å²) in [6.45, 7) is 0.483.